The van der Waals surface area contributed by atoms with E-state index in [2.05, 4.69) is 19.2 Å². The predicted molar refractivity (Wildman–Crippen MR) is 69.5 cm³/mol. The van der Waals surface area contributed by atoms with Gasteiger partial charge in [0.05, 0.1) is 0 Å². The minimum absolute atomic E-state index is 0.00324. The number of hydrogen-bond acceptors (Lipinski definition) is 2. The van der Waals surface area contributed by atoms with Gasteiger partial charge in [0.1, 0.15) is 6.54 Å². The van der Waals surface area contributed by atoms with Gasteiger partial charge in [-0.05, 0) is 24.3 Å². The summed E-state index contributed by atoms with van der Waals surface area (Å²) in [6.45, 7) is 5.12. The number of nitrogens with zero attached hydrogens (tertiary/aromatic N) is 1. The summed E-state index contributed by atoms with van der Waals surface area (Å²) in [5.74, 6) is 0.662. The maximum Gasteiger partial charge on any atom is 0.239 e. The van der Waals surface area contributed by atoms with E-state index in [0.29, 0.717) is 25.4 Å². The molecule has 1 aromatic heterocycles. The van der Waals surface area contributed by atoms with Gasteiger partial charge in [0.15, 0.2) is 5.78 Å². The number of carbonyl (C=O) groups excluding carboxylic acids is 2. The second kappa shape index (κ2) is 5.38. The molecule has 4 heteroatoms. The van der Waals surface area contributed by atoms with E-state index in [0.717, 1.165) is 24.0 Å². The van der Waals surface area contributed by atoms with Crippen LogP contribution < -0.4 is 5.32 Å². The molecule has 1 aliphatic carbocycles. The molecule has 0 bridgehead atoms. The van der Waals surface area contributed by atoms with Crippen molar-refractivity contribution in [1.82, 2.24) is 9.88 Å². The van der Waals surface area contributed by atoms with Gasteiger partial charge in [-0.2, -0.15) is 0 Å². The number of rotatable bonds is 4. The van der Waals surface area contributed by atoms with Crippen LogP contribution in [0.2, 0.25) is 0 Å². The number of fused-ring (bicyclic) bond motifs is 1. The summed E-state index contributed by atoms with van der Waals surface area (Å²) in [7, 11) is 0. The van der Waals surface area contributed by atoms with Gasteiger partial charge in [-0.3, -0.25) is 9.59 Å². The summed E-state index contributed by atoms with van der Waals surface area (Å²) in [6.07, 6.45) is 6.25. The minimum Gasteiger partial charge on any atom is -0.354 e. The average molecular weight is 248 g/mol. The first kappa shape index (κ1) is 12.9. The summed E-state index contributed by atoms with van der Waals surface area (Å²) in [6, 6.07) is 0. The highest BCUT2D eigenvalue weighted by atomic mass is 16.2. The highest BCUT2D eigenvalue weighted by molar-refractivity contribution is 5.98. The van der Waals surface area contributed by atoms with Gasteiger partial charge in [-0.1, -0.05) is 13.8 Å². The van der Waals surface area contributed by atoms with Gasteiger partial charge in [0.25, 0.3) is 0 Å². The van der Waals surface area contributed by atoms with Crippen LogP contribution in [0.15, 0.2) is 12.4 Å². The molecule has 0 radical (unpaired) electrons. The Kier molecular flexibility index (Phi) is 3.84. The van der Waals surface area contributed by atoms with Crippen LogP contribution in [0.25, 0.3) is 0 Å². The summed E-state index contributed by atoms with van der Waals surface area (Å²) >= 11 is 0. The number of aromatic nitrogens is 1. The van der Waals surface area contributed by atoms with Gasteiger partial charge in [-0.25, -0.2) is 0 Å². The first-order valence-electron chi connectivity index (χ1n) is 6.55. The van der Waals surface area contributed by atoms with E-state index < -0.39 is 0 Å². The number of nitrogens with one attached hydrogen (secondary N) is 1. The van der Waals surface area contributed by atoms with Crippen molar-refractivity contribution in [2.24, 2.45) is 5.92 Å². The van der Waals surface area contributed by atoms with Gasteiger partial charge >= 0.3 is 0 Å². The van der Waals surface area contributed by atoms with Crippen LogP contribution in [0.4, 0.5) is 0 Å². The number of ketones is 1. The zero-order valence-electron chi connectivity index (χ0n) is 11.0. The number of Topliss-reactive ketones (excluding diaryl/α,β-unsaturated/α-hetero) is 1. The molecule has 1 heterocycles. The first-order valence-corrected chi connectivity index (χ1v) is 6.55. The van der Waals surface area contributed by atoms with Crippen molar-refractivity contribution in [1.29, 1.82) is 0 Å². The lowest BCUT2D eigenvalue weighted by Crippen LogP contribution is -2.30. The van der Waals surface area contributed by atoms with Crippen molar-refractivity contribution < 1.29 is 9.59 Å². The lowest BCUT2D eigenvalue weighted by atomic mass is 9.95. The second-order valence-electron chi connectivity index (χ2n) is 5.34. The van der Waals surface area contributed by atoms with Crippen molar-refractivity contribution in [2.75, 3.05) is 6.54 Å². The Bertz CT molecular complexity index is 460. The van der Waals surface area contributed by atoms with Crippen LogP contribution in [0, 0.1) is 5.92 Å². The van der Waals surface area contributed by atoms with E-state index in [1.807, 2.05) is 17.0 Å². The van der Waals surface area contributed by atoms with Crippen LogP contribution in [0.1, 0.15) is 42.6 Å². The summed E-state index contributed by atoms with van der Waals surface area (Å²) in [4.78, 5) is 23.4. The lowest BCUT2D eigenvalue weighted by molar-refractivity contribution is -0.121. The summed E-state index contributed by atoms with van der Waals surface area (Å²) < 4.78 is 1.82. The fourth-order valence-electron chi connectivity index (χ4n) is 2.21. The molecular weight excluding hydrogens is 228 g/mol. The first-order chi connectivity index (χ1) is 8.56. The normalized spacial score (nSPS) is 14.7. The SMILES string of the molecule is CC(C)CNC(=O)Cn1cc2c(c1)C(=O)CCC2. The minimum atomic E-state index is 0.00324. The molecule has 0 spiro atoms. The number of amides is 1. The number of hydrogen-bond donors (Lipinski definition) is 1. The standard InChI is InChI=1S/C14H20N2O2/c1-10(2)6-15-14(18)9-16-7-11-4-3-5-13(17)12(11)8-16/h7-8,10H,3-6,9H2,1-2H3,(H,15,18). The Hall–Kier alpha value is -1.58. The molecule has 1 aromatic rings. The van der Waals surface area contributed by atoms with Crippen LogP contribution in [0.3, 0.4) is 0 Å². The topological polar surface area (TPSA) is 51.1 Å². The molecule has 1 amide bonds. The molecule has 0 unspecified atom stereocenters. The molecule has 0 aromatic carbocycles. The van der Waals surface area contributed by atoms with Crippen molar-refractivity contribution >= 4 is 11.7 Å². The molecule has 2 rings (SSSR count). The van der Waals surface area contributed by atoms with Gasteiger partial charge < -0.3 is 9.88 Å². The van der Waals surface area contributed by atoms with E-state index in [9.17, 15) is 9.59 Å². The van der Waals surface area contributed by atoms with Crippen molar-refractivity contribution in [3.8, 4) is 0 Å². The van der Waals surface area contributed by atoms with Crippen LogP contribution in [0.5, 0.6) is 0 Å². The zero-order chi connectivity index (χ0) is 13.1. The maximum absolute atomic E-state index is 11.7. The third-order valence-corrected chi connectivity index (χ3v) is 3.15. The third kappa shape index (κ3) is 3.00. The number of aryl methyl sites for hydroxylation is 1. The largest absolute Gasteiger partial charge is 0.354 e. The summed E-state index contributed by atoms with van der Waals surface area (Å²) in [5.41, 5.74) is 1.89. The average Bonchev–Trinajstić information content (AvgIpc) is 2.70. The highest BCUT2D eigenvalue weighted by Gasteiger charge is 2.19. The molecule has 18 heavy (non-hydrogen) atoms. The van der Waals surface area contributed by atoms with E-state index >= 15 is 0 Å². The van der Waals surface area contributed by atoms with E-state index in [1.54, 1.807) is 0 Å². The van der Waals surface area contributed by atoms with Crippen molar-refractivity contribution in [3.63, 3.8) is 0 Å². The van der Waals surface area contributed by atoms with Gasteiger partial charge in [0, 0.05) is 30.9 Å². The monoisotopic (exact) mass is 248 g/mol. The molecule has 0 fully saturated rings. The Morgan fingerprint density at radius 1 is 1.39 bits per heavy atom. The van der Waals surface area contributed by atoms with Crippen LogP contribution >= 0.6 is 0 Å². The fourth-order valence-corrected chi connectivity index (χ4v) is 2.21. The third-order valence-electron chi connectivity index (χ3n) is 3.15. The molecule has 0 atom stereocenters. The predicted octanol–water partition coefficient (Wildman–Crippen LogP) is 1.78. The smallest absolute Gasteiger partial charge is 0.239 e. The van der Waals surface area contributed by atoms with Crippen LogP contribution in [-0.2, 0) is 17.8 Å². The van der Waals surface area contributed by atoms with E-state index in [1.165, 1.54) is 0 Å². The van der Waals surface area contributed by atoms with Gasteiger partial charge in [-0.15, -0.1) is 0 Å². The molecule has 0 saturated carbocycles. The maximum atomic E-state index is 11.7. The van der Waals surface area contributed by atoms with E-state index in [4.69, 9.17) is 0 Å². The zero-order valence-corrected chi connectivity index (χ0v) is 11.0. The Labute approximate surface area is 107 Å². The van der Waals surface area contributed by atoms with E-state index in [-0.39, 0.29) is 11.7 Å². The Morgan fingerprint density at radius 3 is 2.83 bits per heavy atom. The number of carbonyl (C=O) groups is 2. The Balaban J connectivity index is 1.98. The fraction of sp³-hybridized carbons (Fsp3) is 0.571. The molecule has 0 saturated heterocycles. The lowest BCUT2D eigenvalue weighted by Gasteiger charge is -2.07. The quantitative estimate of drug-likeness (QED) is 0.883. The molecule has 1 N–H and O–H groups in total. The molecule has 98 valence electrons. The van der Waals surface area contributed by atoms with Crippen molar-refractivity contribution in [3.05, 3.63) is 23.5 Å². The molecule has 1 aliphatic rings. The van der Waals surface area contributed by atoms with Crippen molar-refractivity contribution in [2.45, 2.75) is 39.7 Å². The summed E-state index contributed by atoms with van der Waals surface area (Å²) in [5, 5.41) is 2.88. The molecule has 4 nitrogen and oxygen atoms in total. The second-order valence-corrected chi connectivity index (χ2v) is 5.34. The molecule has 0 aliphatic heterocycles. The molecular formula is C14H20N2O2. The highest BCUT2D eigenvalue weighted by Crippen LogP contribution is 2.21. The van der Waals surface area contributed by atoms with Gasteiger partial charge in [0.2, 0.25) is 5.91 Å². The van der Waals surface area contributed by atoms with Crippen LogP contribution in [-0.4, -0.2) is 22.8 Å². The Morgan fingerprint density at radius 2 is 2.17 bits per heavy atom.